The molecule has 2 atom stereocenters. The minimum atomic E-state index is -4.82. The third kappa shape index (κ3) is 2.99. The number of fused-ring (bicyclic) bond motifs is 2. The molecule has 0 amide bonds. The normalized spacial score (nSPS) is 25.3. The van der Waals surface area contributed by atoms with Gasteiger partial charge in [-0.25, -0.2) is 0 Å². The Bertz CT molecular complexity index is 581. The summed E-state index contributed by atoms with van der Waals surface area (Å²) >= 11 is 0. The van der Waals surface area contributed by atoms with Crippen molar-refractivity contribution in [2.24, 2.45) is 0 Å². The van der Waals surface area contributed by atoms with Crippen LogP contribution in [0.15, 0.2) is 24.3 Å². The van der Waals surface area contributed by atoms with Gasteiger partial charge in [-0.05, 0) is 48.6 Å². The Morgan fingerprint density at radius 2 is 1.45 bits per heavy atom. The van der Waals surface area contributed by atoms with Crippen molar-refractivity contribution >= 4 is 5.57 Å². The van der Waals surface area contributed by atoms with E-state index in [1.165, 1.54) is 0 Å². The molecule has 120 valence electrons. The summed E-state index contributed by atoms with van der Waals surface area (Å²) in [5.74, 6) is 0. The maximum atomic E-state index is 12.9. The smallest absolute Gasteiger partial charge is 0.371 e. The minimum Gasteiger partial charge on any atom is -0.371 e. The zero-order chi connectivity index (χ0) is 16.1. The fraction of sp³-hybridized carbons (Fsp3) is 0.467. The van der Waals surface area contributed by atoms with Gasteiger partial charge >= 0.3 is 12.4 Å². The van der Waals surface area contributed by atoms with Gasteiger partial charge in [0, 0.05) is 0 Å². The van der Waals surface area contributed by atoms with E-state index >= 15 is 0 Å². The van der Waals surface area contributed by atoms with Crippen LogP contribution in [0.4, 0.5) is 26.3 Å². The lowest BCUT2D eigenvalue weighted by Crippen LogP contribution is -2.17. The molecule has 22 heavy (non-hydrogen) atoms. The average molecular weight is 322 g/mol. The van der Waals surface area contributed by atoms with Crippen LogP contribution in [0.25, 0.3) is 5.57 Å². The largest absolute Gasteiger partial charge is 0.416 e. The summed E-state index contributed by atoms with van der Waals surface area (Å²) in [6.07, 6.45) is -6.46. The molecule has 1 aromatic carbocycles. The van der Waals surface area contributed by atoms with Crippen LogP contribution < -0.4 is 0 Å². The number of benzene rings is 1. The summed E-state index contributed by atoms with van der Waals surface area (Å²) in [7, 11) is 0. The van der Waals surface area contributed by atoms with Crippen molar-refractivity contribution in [1.82, 2.24) is 0 Å². The molecule has 2 aliphatic rings. The quantitative estimate of drug-likeness (QED) is 0.657. The molecule has 0 saturated carbocycles. The number of rotatable bonds is 1. The van der Waals surface area contributed by atoms with Gasteiger partial charge in [0.1, 0.15) is 0 Å². The van der Waals surface area contributed by atoms with E-state index in [2.05, 4.69) is 0 Å². The molecule has 2 aliphatic heterocycles. The van der Waals surface area contributed by atoms with Crippen LogP contribution >= 0.6 is 0 Å². The highest BCUT2D eigenvalue weighted by Crippen LogP contribution is 2.41. The van der Waals surface area contributed by atoms with Crippen molar-refractivity contribution in [3.63, 3.8) is 0 Å². The van der Waals surface area contributed by atoms with Crippen molar-refractivity contribution < 1.29 is 31.1 Å². The molecule has 7 heteroatoms. The van der Waals surface area contributed by atoms with E-state index in [0.29, 0.717) is 12.0 Å². The molecule has 1 nitrogen and oxygen atoms in total. The Morgan fingerprint density at radius 1 is 0.864 bits per heavy atom. The van der Waals surface area contributed by atoms with Crippen LogP contribution in [-0.4, -0.2) is 12.2 Å². The zero-order valence-corrected chi connectivity index (χ0v) is 11.3. The monoisotopic (exact) mass is 322 g/mol. The van der Waals surface area contributed by atoms with Crippen LogP contribution in [0.3, 0.4) is 0 Å². The first-order valence-corrected chi connectivity index (χ1v) is 6.79. The van der Waals surface area contributed by atoms with Gasteiger partial charge < -0.3 is 4.74 Å². The van der Waals surface area contributed by atoms with Gasteiger partial charge in [0.05, 0.1) is 23.3 Å². The van der Waals surface area contributed by atoms with Gasteiger partial charge in [0.15, 0.2) is 0 Å². The number of ether oxygens (including phenoxy) is 1. The lowest BCUT2D eigenvalue weighted by atomic mass is 9.94. The number of hydrogen-bond donors (Lipinski definition) is 0. The summed E-state index contributed by atoms with van der Waals surface area (Å²) in [6.45, 7) is 0. The van der Waals surface area contributed by atoms with E-state index in [1.807, 2.05) is 0 Å². The van der Waals surface area contributed by atoms with E-state index in [1.54, 1.807) is 6.08 Å². The van der Waals surface area contributed by atoms with Crippen LogP contribution in [-0.2, 0) is 17.1 Å². The lowest BCUT2D eigenvalue weighted by Gasteiger charge is -2.22. The first-order valence-electron chi connectivity index (χ1n) is 6.79. The van der Waals surface area contributed by atoms with Crippen molar-refractivity contribution in [3.05, 3.63) is 41.0 Å². The third-order valence-electron chi connectivity index (χ3n) is 3.93. The Balaban J connectivity index is 2.07. The van der Waals surface area contributed by atoms with Gasteiger partial charge in [-0.15, -0.1) is 0 Å². The molecule has 3 rings (SSSR count). The number of alkyl halides is 6. The molecule has 1 fully saturated rings. The predicted octanol–water partition coefficient (Wildman–Crippen LogP) is 5.06. The summed E-state index contributed by atoms with van der Waals surface area (Å²) < 4.78 is 82.7. The van der Waals surface area contributed by atoms with Crippen molar-refractivity contribution in [1.29, 1.82) is 0 Å². The Labute approximate surface area is 122 Å². The highest BCUT2D eigenvalue weighted by atomic mass is 19.4. The van der Waals surface area contributed by atoms with Crippen LogP contribution in [0.2, 0.25) is 0 Å². The first kappa shape index (κ1) is 15.4. The van der Waals surface area contributed by atoms with Gasteiger partial charge in [-0.3, -0.25) is 0 Å². The van der Waals surface area contributed by atoms with Gasteiger partial charge in [-0.2, -0.15) is 26.3 Å². The second-order valence-corrected chi connectivity index (χ2v) is 5.56. The van der Waals surface area contributed by atoms with E-state index < -0.39 is 23.5 Å². The molecule has 2 bridgehead atoms. The molecule has 2 heterocycles. The minimum absolute atomic E-state index is 0.0256. The van der Waals surface area contributed by atoms with Crippen LogP contribution in [0, 0.1) is 0 Å². The van der Waals surface area contributed by atoms with E-state index in [9.17, 15) is 26.3 Å². The summed E-state index contributed by atoms with van der Waals surface area (Å²) in [5.41, 5.74) is -2.09. The molecule has 1 aromatic rings. The van der Waals surface area contributed by atoms with Crippen molar-refractivity contribution in [2.75, 3.05) is 0 Å². The molecule has 1 saturated heterocycles. The molecular formula is C15H12F6O. The van der Waals surface area contributed by atoms with E-state index in [-0.39, 0.29) is 23.8 Å². The Kier molecular flexibility index (Phi) is 3.51. The number of halogens is 6. The molecule has 0 aliphatic carbocycles. The van der Waals surface area contributed by atoms with E-state index in [4.69, 9.17) is 4.74 Å². The second kappa shape index (κ2) is 5.01. The topological polar surface area (TPSA) is 9.23 Å². The lowest BCUT2D eigenvalue weighted by molar-refractivity contribution is -0.143. The summed E-state index contributed by atoms with van der Waals surface area (Å²) in [6, 6.07) is 1.72. The van der Waals surface area contributed by atoms with Crippen LogP contribution in [0.5, 0.6) is 0 Å². The molecule has 0 spiro atoms. The average Bonchev–Trinajstić information content (AvgIpc) is 2.75. The van der Waals surface area contributed by atoms with E-state index in [0.717, 1.165) is 25.0 Å². The van der Waals surface area contributed by atoms with Crippen molar-refractivity contribution in [2.45, 2.75) is 43.8 Å². The SMILES string of the molecule is FC(F)(F)c1cc(C2=CC3CCC(C2)O3)cc(C(F)(F)F)c1. The maximum absolute atomic E-state index is 12.9. The maximum Gasteiger partial charge on any atom is 0.416 e. The molecule has 0 radical (unpaired) electrons. The molecule has 0 aromatic heterocycles. The second-order valence-electron chi connectivity index (χ2n) is 5.56. The molecule has 2 unspecified atom stereocenters. The fourth-order valence-corrected chi connectivity index (χ4v) is 2.90. The third-order valence-corrected chi connectivity index (χ3v) is 3.93. The Morgan fingerprint density at radius 3 is 1.95 bits per heavy atom. The summed E-state index contributed by atoms with van der Waals surface area (Å²) in [4.78, 5) is 0. The molecule has 0 N–H and O–H groups in total. The van der Waals surface area contributed by atoms with Gasteiger partial charge in [-0.1, -0.05) is 6.08 Å². The predicted molar refractivity (Wildman–Crippen MR) is 66.9 cm³/mol. The first-order chi connectivity index (χ1) is 10.1. The standard InChI is InChI=1S/C15H12F6O/c16-14(17,18)10-3-8(4-11(7-10)15(19,20)21)9-5-12-1-2-13(6-9)22-12/h3-5,7,12-13H,1-2,6H2. The fourth-order valence-electron chi connectivity index (χ4n) is 2.90. The number of hydrogen-bond acceptors (Lipinski definition) is 1. The Hall–Kier alpha value is -1.50. The zero-order valence-electron chi connectivity index (χ0n) is 11.3. The van der Waals surface area contributed by atoms with Gasteiger partial charge in [0.2, 0.25) is 0 Å². The van der Waals surface area contributed by atoms with Crippen molar-refractivity contribution in [3.8, 4) is 0 Å². The summed E-state index contributed by atoms with van der Waals surface area (Å²) in [5, 5.41) is 0. The highest BCUT2D eigenvalue weighted by Gasteiger charge is 2.38. The highest BCUT2D eigenvalue weighted by molar-refractivity contribution is 5.69. The molecular weight excluding hydrogens is 310 g/mol. The van der Waals surface area contributed by atoms with Crippen LogP contribution in [0.1, 0.15) is 36.0 Å². The van der Waals surface area contributed by atoms with Gasteiger partial charge in [0.25, 0.3) is 0 Å².